The third kappa shape index (κ3) is 2.05. The fraction of sp³-hybridized carbons (Fsp3) is 0.222. The summed E-state index contributed by atoms with van der Waals surface area (Å²) in [5, 5.41) is 11.6. The molecule has 3 aromatic rings. The minimum absolute atomic E-state index is 0.109. The molecule has 1 aliphatic carbocycles. The van der Waals surface area contributed by atoms with Crippen LogP contribution in [0.5, 0.6) is 0 Å². The number of rotatable bonds is 1. The van der Waals surface area contributed by atoms with Gasteiger partial charge in [-0.05, 0) is 53.6 Å². The number of para-hydroxylation sites is 1. The molecule has 0 bridgehead atoms. The van der Waals surface area contributed by atoms with Crippen LogP contribution in [0.25, 0.3) is 10.9 Å². The first-order valence-corrected chi connectivity index (χ1v) is 7.26. The van der Waals surface area contributed by atoms with Gasteiger partial charge in [0.05, 0.1) is 12.0 Å². The van der Waals surface area contributed by atoms with Crippen LogP contribution in [0.1, 0.15) is 29.2 Å². The van der Waals surface area contributed by atoms with Crippen molar-refractivity contribution < 1.29 is 9.50 Å². The number of halogens is 1. The molecule has 0 saturated heterocycles. The fourth-order valence-corrected chi connectivity index (χ4v) is 3.41. The number of aliphatic hydroxyl groups is 1. The number of nitrogens with one attached hydrogen (secondary N) is 1. The molecule has 106 valence electrons. The van der Waals surface area contributed by atoms with Crippen molar-refractivity contribution in [3.05, 3.63) is 71.2 Å². The number of aromatic nitrogens is 1. The topological polar surface area (TPSA) is 36.0 Å². The van der Waals surface area contributed by atoms with Gasteiger partial charge in [-0.2, -0.15) is 0 Å². The first-order chi connectivity index (χ1) is 10.2. The van der Waals surface area contributed by atoms with Gasteiger partial charge in [-0.1, -0.05) is 24.3 Å². The number of aryl methyl sites for hydroxylation is 1. The van der Waals surface area contributed by atoms with E-state index >= 15 is 0 Å². The summed E-state index contributed by atoms with van der Waals surface area (Å²) in [6, 6.07) is 15.0. The van der Waals surface area contributed by atoms with Crippen LogP contribution in [0.3, 0.4) is 0 Å². The normalized spacial score (nSPS) is 21.4. The third-order valence-electron chi connectivity index (χ3n) is 4.42. The zero-order chi connectivity index (χ0) is 14.4. The quantitative estimate of drug-likeness (QED) is 0.700. The van der Waals surface area contributed by atoms with Crippen LogP contribution < -0.4 is 0 Å². The molecule has 0 amide bonds. The summed E-state index contributed by atoms with van der Waals surface area (Å²) in [7, 11) is 0. The Labute approximate surface area is 122 Å². The Balaban J connectivity index is 1.87. The lowest BCUT2D eigenvalue weighted by molar-refractivity contribution is 0.138. The van der Waals surface area contributed by atoms with Gasteiger partial charge in [-0.15, -0.1) is 0 Å². The summed E-state index contributed by atoms with van der Waals surface area (Å²) in [6.45, 7) is 0. The molecule has 1 aromatic heterocycles. The summed E-state index contributed by atoms with van der Waals surface area (Å²) in [6.07, 6.45) is 0.956. The number of benzene rings is 2. The van der Waals surface area contributed by atoms with Crippen molar-refractivity contribution in [1.82, 2.24) is 4.98 Å². The largest absolute Gasteiger partial charge is 0.392 e. The van der Waals surface area contributed by atoms with Crippen LogP contribution in [-0.2, 0) is 6.42 Å². The fourth-order valence-electron chi connectivity index (χ4n) is 3.41. The van der Waals surface area contributed by atoms with Gasteiger partial charge in [0.15, 0.2) is 0 Å². The molecule has 2 unspecified atom stereocenters. The van der Waals surface area contributed by atoms with E-state index in [-0.39, 0.29) is 11.7 Å². The number of fused-ring (bicyclic) bond motifs is 2. The van der Waals surface area contributed by atoms with E-state index in [1.807, 2.05) is 24.3 Å². The van der Waals surface area contributed by atoms with E-state index in [0.717, 1.165) is 34.1 Å². The SMILES string of the molecule is OC1CCc2cc(F)ccc2C1c1cc2ccccc2[nH]1. The highest BCUT2D eigenvalue weighted by molar-refractivity contribution is 5.80. The Morgan fingerprint density at radius 2 is 1.95 bits per heavy atom. The molecule has 4 rings (SSSR count). The van der Waals surface area contributed by atoms with Gasteiger partial charge in [0.2, 0.25) is 0 Å². The van der Waals surface area contributed by atoms with Crippen LogP contribution in [-0.4, -0.2) is 16.2 Å². The molecular weight excluding hydrogens is 265 g/mol. The van der Waals surface area contributed by atoms with Crippen molar-refractivity contribution in [2.24, 2.45) is 0 Å². The second kappa shape index (κ2) is 4.71. The van der Waals surface area contributed by atoms with E-state index in [1.54, 1.807) is 6.07 Å². The molecule has 2 nitrogen and oxygen atoms in total. The number of hydrogen-bond acceptors (Lipinski definition) is 1. The average Bonchev–Trinajstić information content (AvgIpc) is 2.90. The first kappa shape index (κ1) is 12.6. The van der Waals surface area contributed by atoms with E-state index in [2.05, 4.69) is 17.1 Å². The summed E-state index contributed by atoms with van der Waals surface area (Å²) in [4.78, 5) is 3.40. The van der Waals surface area contributed by atoms with Crippen LogP contribution in [0, 0.1) is 5.82 Å². The number of H-pyrrole nitrogens is 1. The number of aromatic amines is 1. The monoisotopic (exact) mass is 281 g/mol. The van der Waals surface area contributed by atoms with Crippen molar-refractivity contribution in [2.75, 3.05) is 0 Å². The van der Waals surface area contributed by atoms with Gasteiger partial charge in [0.25, 0.3) is 0 Å². The highest BCUT2D eigenvalue weighted by Crippen LogP contribution is 2.37. The Morgan fingerprint density at radius 3 is 2.81 bits per heavy atom. The lowest BCUT2D eigenvalue weighted by Gasteiger charge is -2.29. The molecule has 0 saturated carbocycles. The van der Waals surface area contributed by atoms with Gasteiger partial charge in [-0.25, -0.2) is 4.39 Å². The van der Waals surface area contributed by atoms with Gasteiger partial charge in [0, 0.05) is 11.2 Å². The average molecular weight is 281 g/mol. The highest BCUT2D eigenvalue weighted by Gasteiger charge is 2.30. The maximum Gasteiger partial charge on any atom is 0.123 e. The van der Waals surface area contributed by atoms with E-state index < -0.39 is 6.10 Å². The molecular formula is C18H16FNO. The second-order valence-electron chi connectivity index (χ2n) is 5.74. The molecule has 1 aliphatic rings. The van der Waals surface area contributed by atoms with Crippen LogP contribution >= 0.6 is 0 Å². The van der Waals surface area contributed by atoms with Crippen molar-refractivity contribution in [3.63, 3.8) is 0 Å². The highest BCUT2D eigenvalue weighted by atomic mass is 19.1. The first-order valence-electron chi connectivity index (χ1n) is 7.26. The van der Waals surface area contributed by atoms with Crippen LogP contribution in [0.4, 0.5) is 4.39 Å². The smallest absolute Gasteiger partial charge is 0.123 e. The molecule has 2 N–H and O–H groups in total. The molecule has 2 atom stereocenters. The zero-order valence-electron chi connectivity index (χ0n) is 11.5. The molecule has 21 heavy (non-hydrogen) atoms. The summed E-state index contributed by atoms with van der Waals surface area (Å²) >= 11 is 0. The van der Waals surface area contributed by atoms with Gasteiger partial charge >= 0.3 is 0 Å². The van der Waals surface area contributed by atoms with Crippen molar-refractivity contribution >= 4 is 10.9 Å². The summed E-state index contributed by atoms with van der Waals surface area (Å²) in [5.74, 6) is -0.317. The van der Waals surface area contributed by atoms with Gasteiger partial charge < -0.3 is 10.1 Å². The minimum atomic E-state index is -0.434. The Bertz CT molecular complexity index is 775. The predicted molar refractivity (Wildman–Crippen MR) is 80.9 cm³/mol. The standard InChI is InChI=1S/C18H16FNO/c19-13-6-7-14-11(9-13)5-8-17(21)18(14)16-10-12-3-1-2-4-15(12)20-16/h1-4,6-7,9-10,17-18,20-21H,5,8H2. The van der Waals surface area contributed by atoms with Crippen molar-refractivity contribution in [2.45, 2.75) is 24.9 Å². The number of hydrogen-bond donors (Lipinski definition) is 2. The van der Waals surface area contributed by atoms with Crippen molar-refractivity contribution in [1.29, 1.82) is 0 Å². The lowest BCUT2D eigenvalue weighted by atomic mass is 9.79. The molecule has 0 aliphatic heterocycles. The third-order valence-corrected chi connectivity index (χ3v) is 4.42. The van der Waals surface area contributed by atoms with Crippen LogP contribution in [0.2, 0.25) is 0 Å². The van der Waals surface area contributed by atoms with Gasteiger partial charge in [0.1, 0.15) is 5.82 Å². The Kier molecular flexibility index (Phi) is 2.82. The summed E-state index contributed by atoms with van der Waals surface area (Å²) < 4.78 is 13.4. The molecule has 1 heterocycles. The lowest BCUT2D eigenvalue weighted by Crippen LogP contribution is -2.26. The second-order valence-corrected chi connectivity index (χ2v) is 5.74. The van der Waals surface area contributed by atoms with E-state index in [0.29, 0.717) is 6.42 Å². The molecule has 3 heteroatoms. The zero-order valence-corrected chi connectivity index (χ0v) is 11.5. The molecule has 2 aromatic carbocycles. The molecule has 0 spiro atoms. The van der Waals surface area contributed by atoms with E-state index in [4.69, 9.17) is 0 Å². The van der Waals surface area contributed by atoms with Gasteiger partial charge in [-0.3, -0.25) is 0 Å². The summed E-state index contributed by atoms with van der Waals surface area (Å²) in [5.41, 5.74) is 4.09. The Morgan fingerprint density at radius 1 is 1.10 bits per heavy atom. The van der Waals surface area contributed by atoms with E-state index in [9.17, 15) is 9.50 Å². The number of aliphatic hydroxyl groups excluding tert-OH is 1. The molecule has 0 fully saturated rings. The minimum Gasteiger partial charge on any atom is -0.392 e. The van der Waals surface area contributed by atoms with Crippen LogP contribution in [0.15, 0.2) is 48.5 Å². The maximum atomic E-state index is 13.4. The van der Waals surface area contributed by atoms with Crippen molar-refractivity contribution in [3.8, 4) is 0 Å². The maximum absolute atomic E-state index is 13.4. The Hall–Kier alpha value is -2.13. The predicted octanol–water partition coefficient (Wildman–Crippen LogP) is 3.75. The molecule has 0 radical (unpaired) electrons. The van der Waals surface area contributed by atoms with E-state index in [1.165, 1.54) is 6.07 Å².